The predicted octanol–water partition coefficient (Wildman–Crippen LogP) is 3.55. The Morgan fingerprint density at radius 2 is 1.89 bits per heavy atom. The van der Waals surface area contributed by atoms with Crippen LogP contribution in [0.25, 0.3) is 22.0 Å². The van der Waals surface area contributed by atoms with Gasteiger partial charge < -0.3 is 10.1 Å². The van der Waals surface area contributed by atoms with Gasteiger partial charge >= 0.3 is 0 Å². The van der Waals surface area contributed by atoms with E-state index in [0.717, 1.165) is 11.1 Å². The first-order valence-electron chi connectivity index (χ1n) is 5.75. The molecule has 94 valence electrons. The van der Waals surface area contributed by atoms with Crippen LogP contribution in [-0.2, 0) is 0 Å². The third-order valence-electron chi connectivity index (χ3n) is 3.00. The van der Waals surface area contributed by atoms with E-state index in [9.17, 15) is 9.90 Å². The molecule has 1 aromatic heterocycles. The van der Waals surface area contributed by atoms with Crippen LogP contribution >= 0.6 is 11.6 Å². The van der Waals surface area contributed by atoms with E-state index in [-0.39, 0.29) is 11.2 Å². The molecule has 0 spiro atoms. The molecule has 3 rings (SSSR count). The van der Waals surface area contributed by atoms with Crippen LogP contribution in [-0.4, -0.2) is 10.1 Å². The maximum atomic E-state index is 11.8. The van der Waals surface area contributed by atoms with Crippen molar-refractivity contribution in [3.63, 3.8) is 0 Å². The number of nitrogens with one attached hydrogen (secondary N) is 1. The second-order valence-electron chi connectivity index (χ2n) is 4.27. The lowest BCUT2D eigenvalue weighted by Crippen LogP contribution is -2.00. The lowest BCUT2D eigenvalue weighted by molar-refractivity contribution is 0.480. The number of phenolic OH excluding ortho intramolecular Hbond substituents is 1. The summed E-state index contributed by atoms with van der Waals surface area (Å²) in [5.41, 5.74) is 1.92. The molecule has 0 fully saturated rings. The normalized spacial score (nSPS) is 10.8. The lowest BCUT2D eigenvalue weighted by atomic mass is 10.0. The zero-order valence-corrected chi connectivity index (χ0v) is 10.6. The van der Waals surface area contributed by atoms with Crippen LogP contribution < -0.4 is 5.43 Å². The summed E-state index contributed by atoms with van der Waals surface area (Å²) in [6.45, 7) is 0. The zero-order chi connectivity index (χ0) is 13.4. The third-order valence-corrected chi connectivity index (χ3v) is 3.24. The minimum Gasteiger partial charge on any atom is -0.506 e. The van der Waals surface area contributed by atoms with Crippen LogP contribution in [0.15, 0.2) is 53.5 Å². The fourth-order valence-corrected chi connectivity index (χ4v) is 2.29. The Kier molecular flexibility index (Phi) is 2.76. The number of hydrogen-bond acceptors (Lipinski definition) is 2. The number of H-pyrrole nitrogens is 1. The van der Waals surface area contributed by atoms with Gasteiger partial charge in [0.25, 0.3) is 0 Å². The van der Waals surface area contributed by atoms with Crippen molar-refractivity contribution in [2.45, 2.75) is 0 Å². The van der Waals surface area contributed by atoms with Gasteiger partial charge in [-0.2, -0.15) is 0 Å². The highest BCUT2D eigenvalue weighted by atomic mass is 35.5. The molecule has 0 aliphatic carbocycles. The van der Waals surface area contributed by atoms with E-state index < -0.39 is 0 Å². The van der Waals surface area contributed by atoms with Gasteiger partial charge in [0, 0.05) is 22.7 Å². The van der Waals surface area contributed by atoms with E-state index >= 15 is 0 Å². The fourth-order valence-electron chi connectivity index (χ4n) is 2.10. The van der Waals surface area contributed by atoms with Crippen LogP contribution in [0.5, 0.6) is 5.75 Å². The van der Waals surface area contributed by atoms with Gasteiger partial charge in [-0.15, -0.1) is 0 Å². The van der Waals surface area contributed by atoms with Crippen LogP contribution in [0.4, 0.5) is 0 Å². The maximum Gasteiger partial charge on any atom is 0.189 e. The number of pyridine rings is 1. The predicted molar refractivity (Wildman–Crippen MR) is 76.7 cm³/mol. The molecular weight excluding hydrogens is 262 g/mol. The van der Waals surface area contributed by atoms with Crippen molar-refractivity contribution in [3.05, 3.63) is 63.9 Å². The van der Waals surface area contributed by atoms with Crippen molar-refractivity contribution >= 4 is 22.5 Å². The molecule has 0 unspecified atom stereocenters. The Labute approximate surface area is 114 Å². The number of hydrogen-bond donors (Lipinski definition) is 2. The smallest absolute Gasteiger partial charge is 0.189 e. The molecule has 0 atom stereocenters. The average Bonchev–Trinajstić information content (AvgIpc) is 2.40. The average molecular weight is 272 g/mol. The van der Waals surface area contributed by atoms with Crippen molar-refractivity contribution in [2.75, 3.05) is 0 Å². The summed E-state index contributed by atoms with van der Waals surface area (Å²) in [6, 6.07) is 12.1. The number of aromatic amines is 1. The fraction of sp³-hybridized carbons (Fsp3) is 0. The van der Waals surface area contributed by atoms with Gasteiger partial charge in [-0.05, 0) is 35.4 Å². The van der Waals surface area contributed by atoms with Crippen LogP contribution in [0.2, 0.25) is 5.02 Å². The standard InChI is InChI=1S/C15H10ClNO2/c16-11-3-1-2-9(6-11)10-7-12-13(18)4-5-17-15(12)14(19)8-10/h1-8,19H,(H,17,18). The van der Waals surface area contributed by atoms with Gasteiger partial charge in [0.2, 0.25) is 0 Å². The van der Waals surface area contributed by atoms with E-state index in [1.165, 1.54) is 12.3 Å². The number of benzene rings is 2. The SMILES string of the molecule is O=c1cc[nH]c2c(O)cc(-c3cccc(Cl)c3)cc12. The molecule has 0 amide bonds. The summed E-state index contributed by atoms with van der Waals surface area (Å²) in [7, 11) is 0. The molecule has 0 bridgehead atoms. The van der Waals surface area contributed by atoms with Crippen molar-refractivity contribution < 1.29 is 5.11 Å². The lowest BCUT2D eigenvalue weighted by Gasteiger charge is -2.06. The Morgan fingerprint density at radius 3 is 2.68 bits per heavy atom. The van der Waals surface area contributed by atoms with Crippen LogP contribution in [0.1, 0.15) is 0 Å². The molecule has 2 N–H and O–H groups in total. The molecule has 0 radical (unpaired) electrons. The third kappa shape index (κ3) is 2.09. The van der Waals surface area contributed by atoms with E-state index in [4.69, 9.17) is 11.6 Å². The molecule has 0 aliphatic heterocycles. The topological polar surface area (TPSA) is 53.1 Å². The minimum atomic E-state index is -0.132. The molecule has 3 nitrogen and oxygen atoms in total. The Morgan fingerprint density at radius 1 is 1.05 bits per heavy atom. The van der Waals surface area contributed by atoms with Gasteiger partial charge in [-0.3, -0.25) is 4.79 Å². The van der Waals surface area contributed by atoms with Crippen molar-refractivity contribution in [2.24, 2.45) is 0 Å². The largest absolute Gasteiger partial charge is 0.506 e. The molecule has 3 aromatic rings. The van der Waals surface area contributed by atoms with Crippen LogP contribution in [0, 0.1) is 0 Å². The Hall–Kier alpha value is -2.26. The number of aromatic nitrogens is 1. The molecular formula is C15H10ClNO2. The number of fused-ring (bicyclic) bond motifs is 1. The molecule has 0 aliphatic rings. The Balaban J connectivity index is 2.32. The summed E-state index contributed by atoms with van der Waals surface area (Å²) in [4.78, 5) is 14.7. The van der Waals surface area contributed by atoms with E-state index in [2.05, 4.69) is 4.98 Å². The molecule has 4 heteroatoms. The summed E-state index contributed by atoms with van der Waals surface area (Å²) in [5.74, 6) is 0.0465. The van der Waals surface area contributed by atoms with Crippen molar-refractivity contribution in [1.82, 2.24) is 4.98 Å². The zero-order valence-electron chi connectivity index (χ0n) is 9.85. The summed E-state index contributed by atoms with van der Waals surface area (Å²) >= 11 is 5.95. The summed E-state index contributed by atoms with van der Waals surface area (Å²) in [6.07, 6.45) is 1.52. The number of rotatable bonds is 1. The van der Waals surface area contributed by atoms with Crippen LogP contribution in [0.3, 0.4) is 0 Å². The number of phenols is 1. The van der Waals surface area contributed by atoms with Crippen molar-refractivity contribution in [1.29, 1.82) is 0 Å². The Bertz CT molecular complexity index is 824. The number of halogens is 1. The highest BCUT2D eigenvalue weighted by Gasteiger charge is 2.07. The molecule has 0 saturated heterocycles. The highest BCUT2D eigenvalue weighted by Crippen LogP contribution is 2.30. The molecule has 19 heavy (non-hydrogen) atoms. The quantitative estimate of drug-likeness (QED) is 0.711. The second kappa shape index (κ2) is 4.44. The minimum absolute atomic E-state index is 0.0465. The first kappa shape index (κ1) is 11.8. The molecule has 1 heterocycles. The summed E-state index contributed by atoms with van der Waals surface area (Å²) in [5, 5.41) is 11.1. The second-order valence-corrected chi connectivity index (χ2v) is 4.71. The monoisotopic (exact) mass is 271 g/mol. The van der Waals surface area contributed by atoms with Gasteiger partial charge in [-0.25, -0.2) is 0 Å². The van der Waals surface area contributed by atoms with E-state index in [1.807, 2.05) is 12.1 Å². The highest BCUT2D eigenvalue weighted by molar-refractivity contribution is 6.30. The van der Waals surface area contributed by atoms with Crippen molar-refractivity contribution in [3.8, 4) is 16.9 Å². The number of aromatic hydroxyl groups is 1. The first-order valence-corrected chi connectivity index (χ1v) is 6.13. The molecule has 0 saturated carbocycles. The van der Waals surface area contributed by atoms with Gasteiger partial charge in [0.05, 0.1) is 5.52 Å². The molecule has 2 aromatic carbocycles. The van der Waals surface area contributed by atoms with Gasteiger partial charge in [0.1, 0.15) is 5.75 Å². The van der Waals surface area contributed by atoms with E-state index in [0.29, 0.717) is 15.9 Å². The maximum absolute atomic E-state index is 11.8. The van der Waals surface area contributed by atoms with Gasteiger partial charge in [-0.1, -0.05) is 23.7 Å². The summed E-state index contributed by atoms with van der Waals surface area (Å²) < 4.78 is 0. The first-order chi connectivity index (χ1) is 9.15. The van der Waals surface area contributed by atoms with E-state index in [1.54, 1.807) is 24.3 Å². The van der Waals surface area contributed by atoms with Gasteiger partial charge in [0.15, 0.2) is 5.43 Å².